The van der Waals surface area contributed by atoms with Crippen LogP contribution >= 0.6 is 15.9 Å². The van der Waals surface area contributed by atoms with E-state index >= 15 is 0 Å². The van der Waals surface area contributed by atoms with Gasteiger partial charge in [0.1, 0.15) is 0 Å². The van der Waals surface area contributed by atoms with Crippen LogP contribution in [0.3, 0.4) is 0 Å². The Morgan fingerprint density at radius 3 is 2.47 bits per heavy atom. The summed E-state index contributed by atoms with van der Waals surface area (Å²) in [5.74, 6) is -2.53. The lowest BCUT2D eigenvalue weighted by Gasteiger charge is -2.10. The first-order valence-corrected chi connectivity index (χ1v) is 5.60. The number of alkyl halides is 4. The van der Waals surface area contributed by atoms with Crippen LogP contribution in [0.2, 0.25) is 0 Å². The van der Waals surface area contributed by atoms with E-state index in [1.54, 1.807) is 0 Å². The van der Waals surface area contributed by atoms with Crippen LogP contribution in [0, 0.1) is 5.82 Å². The zero-order valence-corrected chi connectivity index (χ0v) is 9.94. The average Bonchev–Trinajstić information content (AvgIpc) is 2.19. The highest BCUT2D eigenvalue weighted by Crippen LogP contribution is 2.26. The quantitative estimate of drug-likeness (QED) is 0.481. The SMILES string of the molecule is O=C(CCBr)c1ccc(OC(F)(F)F)c(F)c1. The van der Waals surface area contributed by atoms with Crippen LogP contribution in [-0.2, 0) is 0 Å². The third kappa shape index (κ3) is 4.33. The summed E-state index contributed by atoms with van der Waals surface area (Å²) in [5.41, 5.74) is 0.0106. The highest BCUT2D eigenvalue weighted by Gasteiger charge is 2.32. The minimum atomic E-state index is -4.96. The number of Topliss-reactive ketones (excluding diaryl/α,β-unsaturated/α-hetero) is 1. The Labute approximate surface area is 103 Å². The Morgan fingerprint density at radius 1 is 1.35 bits per heavy atom. The molecule has 0 aliphatic rings. The maximum atomic E-state index is 13.2. The first-order valence-electron chi connectivity index (χ1n) is 4.48. The van der Waals surface area contributed by atoms with Gasteiger partial charge in [-0.3, -0.25) is 4.79 Å². The fourth-order valence-electron chi connectivity index (χ4n) is 1.11. The molecule has 0 aliphatic carbocycles. The molecule has 7 heteroatoms. The maximum absolute atomic E-state index is 13.2. The number of halogens is 5. The molecule has 0 bridgehead atoms. The Kier molecular flexibility index (Phi) is 4.50. The summed E-state index contributed by atoms with van der Waals surface area (Å²) in [5, 5.41) is 0.397. The predicted octanol–water partition coefficient (Wildman–Crippen LogP) is 3.69. The summed E-state index contributed by atoms with van der Waals surface area (Å²) in [6.07, 6.45) is -4.82. The van der Waals surface area contributed by atoms with E-state index in [9.17, 15) is 22.4 Å². The fourth-order valence-corrected chi connectivity index (χ4v) is 1.47. The molecule has 1 aromatic rings. The van der Waals surface area contributed by atoms with Crippen LogP contribution in [0.5, 0.6) is 5.75 Å². The maximum Gasteiger partial charge on any atom is 0.573 e. The zero-order chi connectivity index (χ0) is 13.1. The summed E-state index contributed by atoms with van der Waals surface area (Å²) >= 11 is 3.03. The molecule has 94 valence electrons. The van der Waals surface area contributed by atoms with E-state index in [0.29, 0.717) is 5.33 Å². The van der Waals surface area contributed by atoms with E-state index in [1.165, 1.54) is 0 Å². The number of ether oxygens (including phenoxy) is 1. The summed E-state index contributed by atoms with van der Waals surface area (Å²) in [7, 11) is 0. The Hall–Kier alpha value is -1.11. The van der Waals surface area contributed by atoms with Crippen molar-refractivity contribution in [3.05, 3.63) is 29.6 Å². The summed E-state index contributed by atoms with van der Waals surface area (Å²) in [6.45, 7) is 0. The highest BCUT2D eigenvalue weighted by molar-refractivity contribution is 9.09. The van der Waals surface area contributed by atoms with Gasteiger partial charge in [0.05, 0.1) is 0 Å². The van der Waals surface area contributed by atoms with Crippen LogP contribution < -0.4 is 4.74 Å². The zero-order valence-electron chi connectivity index (χ0n) is 8.35. The molecule has 0 spiro atoms. The fraction of sp³-hybridized carbons (Fsp3) is 0.300. The van der Waals surface area contributed by atoms with Crippen molar-refractivity contribution in [2.45, 2.75) is 12.8 Å². The Morgan fingerprint density at radius 2 is 2.00 bits per heavy atom. The van der Waals surface area contributed by atoms with E-state index in [0.717, 1.165) is 18.2 Å². The van der Waals surface area contributed by atoms with Gasteiger partial charge in [-0.25, -0.2) is 4.39 Å². The molecule has 1 aromatic carbocycles. The van der Waals surface area contributed by atoms with E-state index in [4.69, 9.17) is 0 Å². The third-order valence-electron chi connectivity index (χ3n) is 1.80. The molecule has 0 aliphatic heterocycles. The predicted molar refractivity (Wildman–Crippen MR) is 55.8 cm³/mol. The van der Waals surface area contributed by atoms with Gasteiger partial charge in [0.2, 0.25) is 0 Å². The molecular weight excluding hydrogens is 308 g/mol. The lowest BCUT2D eigenvalue weighted by atomic mass is 10.1. The molecule has 0 saturated heterocycles. The van der Waals surface area contributed by atoms with Crippen molar-refractivity contribution < 1.29 is 27.1 Å². The smallest absolute Gasteiger partial charge is 0.403 e. The summed E-state index contributed by atoms with van der Waals surface area (Å²) in [6, 6.07) is 2.60. The molecular formula is C10H7BrF4O2. The second kappa shape index (κ2) is 5.48. The number of rotatable bonds is 4. The molecule has 0 atom stereocenters. The largest absolute Gasteiger partial charge is 0.573 e. The minimum absolute atomic E-state index is 0.0106. The molecule has 0 unspecified atom stereocenters. The molecule has 0 radical (unpaired) electrons. The van der Waals surface area contributed by atoms with Gasteiger partial charge in [0, 0.05) is 17.3 Å². The molecule has 2 nitrogen and oxygen atoms in total. The number of hydrogen-bond donors (Lipinski definition) is 0. The standard InChI is InChI=1S/C10H7BrF4O2/c11-4-3-8(16)6-1-2-9(7(12)5-6)17-10(13,14)15/h1-2,5H,3-4H2. The van der Waals surface area contributed by atoms with Gasteiger partial charge >= 0.3 is 6.36 Å². The van der Waals surface area contributed by atoms with Gasteiger partial charge < -0.3 is 4.74 Å². The topological polar surface area (TPSA) is 26.3 Å². The van der Waals surface area contributed by atoms with Gasteiger partial charge in [-0.15, -0.1) is 13.2 Å². The van der Waals surface area contributed by atoms with E-state index in [1.807, 2.05) is 0 Å². The lowest BCUT2D eigenvalue weighted by molar-refractivity contribution is -0.275. The van der Waals surface area contributed by atoms with E-state index < -0.39 is 17.9 Å². The summed E-state index contributed by atoms with van der Waals surface area (Å²) in [4.78, 5) is 11.3. The minimum Gasteiger partial charge on any atom is -0.403 e. The molecule has 0 heterocycles. The number of ketones is 1. The first-order chi connectivity index (χ1) is 7.83. The van der Waals surface area contributed by atoms with Crippen molar-refractivity contribution in [1.82, 2.24) is 0 Å². The van der Waals surface area contributed by atoms with Crippen molar-refractivity contribution in [3.8, 4) is 5.75 Å². The lowest BCUT2D eigenvalue weighted by Crippen LogP contribution is -2.18. The second-order valence-corrected chi connectivity index (χ2v) is 3.85. The molecule has 0 amide bonds. The second-order valence-electron chi connectivity index (χ2n) is 3.06. The number of hydrogen-bond acceptors (Lipinski definition) is 2. The van der Waals surface area contributed by atoms with E-state index in [2.05, 4.69) is 20.7 Å². The number of carbonyl (C=O) groups excluding carboxylic acids is 1. The van der Waals surface area contributed by atoms with Gasteiger partial charge in [-0.1, -0.05) is 15.9 Å². The van der Waals surface area contributed by atoms with Crippen molar-refractivity contribution in [2.75, 3.05) is 5.33 Å². The van der Waals surface area contributed by atoms with Crippen molar-refractivity contribution in [2.24, 2.45) is 0 Å². The first kappa shape index (κ1) is 14.0. The van der Waals surface area contributed by atoms with Gasteiger partial charge in [-0.05, 0) is 18.2 Å². The van der Waals surface area contributed by atoms with Crippen LogP contribution in [0.1, 0.15) is 16.8 Å². The molecule has 1 rings (SSSR count). The van der Waals surface area contributed by atoms with Crippen molar-refractivity contribution in [1.29, 1.82) is 0 Å². The van der Waals surface area contributed by atoms with Crippen LogP contribution in [-0.4, -0.2) is 17.5 Å². The normalized spacial score (nSPS) is 11.4. The van der Waals surface area contributed by atoms with Gasteiger partial charge in [-0.2, -0.15) is 0 Å². The molecule has 17 heavy (non-hydrogen) atoms. The number of benzene rings is 1. The monoisotopic (exact) mass is 314 g/mol. The van der Waals surface area contributed by atoms with Crippen LogP contribution in [0.25, 0.3) is 0 Å². The van der Waals surface area contributed by atoms with Gasteiger partial charge in [0.25, 0.3) is 0 Å². The van der Waals surface area contributed by atoms with Gasteiger partial charge in [0.15, 0.2) is 17.3 Å². The Bertz CT molecular complexity index is 417. The number of carbonyl (C=O) groups is 1. The third-order valence-corrected chi connectivity index (χ3v) is 2.20. The van der Waals surface area contributed by atoms with Crippen LogP contribution in [0.15, 0.2) is 18.2 Å². The average molecular weight is 315 g/mol. The molecule has 0 N–H and O–H groups in total. The highest BCUT2D eigenvalue weighted by atomic mass is 79.9. The van der Waals surface area contributed by atoms with E-state index in [-0.39, 0.29) is 17.8 Å². The van der Waals surface area contributed by atoms with Crippen molar-refractivity contribution in [3.63, 3.8) is 0 Å². The molecule has 0 saturated carbocycles. The summed E-state index contributed by atoms with van der Waals surface area (Å²) < 4.78 is 52.1. The molecule has 0 aromatic heterocycles. The van der Waals surface area contributed by atoms with Crippen LogP contribution in [0.4, 0.5) is 17.6 Å². The Balaban J connectivity index is 2.90. The molecule has 0 fully saturated rings. The van der Waals surface area contributed by atoms with Crippen molar-refractivity contribution >= 4 is 21.7 Å².